The van der Waals surface area contributed by atoms with Crippen LogP contribution < -0.4 is 36.6 Å². The predicted molar refractivity (Wildman–Crippen MR) is 598 cm³/mol. The molecule has 12 N–H and O–H groups in total. The summed E-state index contributed by atoms with van der Waals surface area (Å²) < 4.78 is 89.7. The second-order valence-electron chi connectivity index (χ2n) is 37.5. The van der Waals surface area contributed by atoms with Gasteiger partial charge in [0.1, 0.15) is 23.2 Å². The summed E-state index contributed by atoms with van der Waals surface area (Å²) in [6, 6.07) is 87.4. The molecular formula is C116H101Br5Cl2F6N14O2S. The van der Waals surface area contributed by atoms with Crippen molar-refractivity contribution in [1.29, 1.82) is 0 Å². The number of urea groups is 1. The molecule has 6 aliphatic heterocycles. The molecule has 0 aliphatic carbocycles. The van der Waals surface area contributed by atoms with Gasteiger partial charge in [-0.25, -0.2) is 18.0 Å². The Kier molecular flexibility index (Phi) is 30.6. The maximum absolute atomic E-state index is 13.6. The zero-order chi connectivity index (χ0) is 101. The zero-order valence-electron chi connectivity index (χ0n) is 79.6. The van der Waals surface area contributed by atoms with Crippen LogP contribution in [-0.4, -0.2) is 103 Å². The van der Waals surface area contributed by atoms with Gasteiger partial charge < -0.3 is 76.3 Å². The van der Waals surface area contributed by atoms with Crippen molar-refractivity contribution in [3.8, 4) is 5.75 Å². The van der Waals surface area contributed by atoms with E-state index in [0.29, 0.717) is 40.3 Å². The Labute approximate surface area is 897 Å². The van der Waals surface area contributed by atoms with E-state index in [0.717, 1.165) is 183 Å². The lowest BCUT2D eigenvalue weighted by atomic mass is 9.92. The van der Waals surface area contributed by atoms with E-state index in [-0.39, 0.29) is 42.3 Å². The van der Waals surface area contributed by atoms with Crippen molar-refractivity contribution in [3.63, 3.8) is 0 Å². The number of fused-ring (bicyclic) bond motifs is 18. The first-order valence-corrected chi connectivity index (χ1v) is 53.5. The highest BCUT2D eigenvalue weighted by atomic mass is 79.9. The average molecular weight is 2340 g/mol. The summed E-state index contributed by atoms with van der Waals surface area (Å²) in [5, 5.41) is 29.7. The molecule has 12 heterocycles. The quantitative estimate of drug-likeness (QED) is 0.0491. The number of rotatable bonds is 9. The molecule has 2 amide bonds. The van der Waals surface area contributed by atoms with Gasteiger partial charge in [-0.15, -0.1) is 0 Å². The maximum atomic E-state index is 13.6. The van der Waals surface area contributed by atoms with Gasteiger partial charge in [0.05, 0.1) is 48.9 Å². The fraction of sp³-hybridized carbons (Fsp3) is 0.207. The molecule has 146 heavy (non-hydrogen) atoms. The maximum Gasteiger partial charge on any atom is 0.416 e. The number of methoxy groups -OCH3 is 1. The van der Waals surface area contributed by atoms with E-state index >= 15 is 0 Å². The van der Waals surface area contributed by atoms with Gasteiger partial charge in [-0.1, -0.05) is 205 Å². The van der Waals surface area contributed by atoms with Gasteiger partial charge in [0.15, 0.2) is 5.11 Å². The molecule has 16 nitrogen and oxygen atoms in total. The van der Waals surface area contributed by atoms with Crippen molar-refractivity contribution in [3.05, 3.63) is 441 Å². The molecule has 13 aromatic carbocycles. The number of carbonyl (C=O) groups excluding carboxylic acids is 1. The number of hydrogen-bond donors (Lipinski definition) is 12. The molecule has 0 saturated heterocycles. The van der Waals surface area contributed by atoms with Crippen LogP contribution in [-0.2, 0) is 44.7 Å². The van der Waals surface area contributed by atoms with Crippen LogP contribution in [0.15, 0.2) is 301 Å². The summed E-state index contributed by atoms with van der Waals surface area (Å²) in [6.07, 6.45) is 1.23. The third-order valence-corrected chi connectivity index (χ3v) is 31.1. The van der Waals surface area contributed by atoms with Crippen molar-refractivity contribution in [2.45, 2.75) is 108 Å². The van der Waals surface area contributed by atoms with Crippen molar-refractivity contribution in [2.24, 2.45) is 0 Å². The van der Waals surface area contributed by atoms with Crippen LogP contribution in [0.1, 0.15) is 162 Å². The number of nitrogens with one attached hydrogen (secondary N) is 12. The van der Waals surface area contributed by atoms with E-state index in [1.165, 1.54) is 136 Å². The van der Waals surface area contributed by atoms with E-state index in [9.17, 15) is 31.1 Å². The number of aromatic amines is 6. The highest BCUT2D eigenvalue weighted by Gasteiger charge is 2.39. The second kappa shape index (κ2) is 44.0. The van der Waals surface area contributed by atoms with E-state index in [2.05, 4.69) is 307 Å². The van der Waals surface area contributed by atoms with Gasteiger partial charge in [0.25, 0.3) is 0 Å². The first-order chi connectivity index (χ1) is 70.6. The van der Waals surface area contributed by atoms with E-state index in [4.69, 9.17) is 40.2 Å². The molecule has 19 aromatic rings. The second-order valence-corrected chi connectivity index (χ2v) is 43.3. The van der Waals surface area contributed by atoms with E-state index < -0.39 is 29.2 Å². The number of hydrogen-bond acceptors (Lipinski definition) is 7. The van der Waals surface area contributed by atoms with Crippen molar-refractivity contribution in [1.82, 2.24) is 66.3 Å². The highest BCUT2D eigenvalue weighted by Crippen LogP contribution is 2.46. The fourth-order valence-corrected chi connectivity index (χ4v) is 23.6. The number of nitrogens with zero attached hydrogens (tertiary/aromatic N) is 2. The number of H-pyrrole nitrogens is 6. The number of ether oxygens (including phenoxy) is 1. The van der Waals surface area contributed by atoms with Gasteiger partial charge in [0, 0.05) is 189 Å². The number of anilines is 1. The van der Waals surface area contributed by atoms with Crippen LogP contribution in [0.25, 0.3) is 65.4 Å². The average Bonchev–Trinajstić information content (AvgIpc) is 1.27. The normalized spacial score (nSPS) is 17.1. The standard InChI is InChI=1S/C25H21ClFN3O2.C21H22BrN3S.C18H17BrN2.C18H14ClF3N2.C17H14Br2N2.C17H13BrF2N2/c1-32-19-8-5-15(6-9-19)24-23-20(21-13-16(26)7-10-22(21)29-23)11-12-30(24)25(31)28-18-4-2-3-17(27)14-18;1-13(2)23-21(26)25-11-10-16-17-12-15(22)8-9-18(17)24-19(16)20(25)14-6-4-3-5-7-14;1-11-2-4-12(5-3-11)17-18-14(8-9-20-17)15-10-13(19)6-7-16(15)21-18;19-12-5-6-15-14(9-12)13-7-8-23-16(17(13)24-15)10-1-3-11(4-2-10)18(20,21)22;18-11-3-1-10(2-4-11)16-17-13(7-8-20-16)14-9-12(19)5-6-15(14)21-17;18-10-1-2-15-14(7-10)13-3-4-21-16(17(13)22-15)9-5-11(19)8-12(20)6-9/h2-10,13-14,24,29H,11-12H2,1H3,(H,28,31);3-9,12-13,20,24H,10-11H2,1-2H3,(H,23,26);2-7,10,17,20-21H,8-9H2,1H3;1-6,9,16,23-24H,7-8H2;1-6,9,16,20-21H,7-8H2;1-2,5-8,16,21-22H,3-4H2. The van der Waals surface area contributed by atoms with Gasteiger partial charge in [-0.3, -0.25) is 0 Å². The highest BCUT2D eigenvalue weighted by molar-refractivity contribution is 9.11. The number of amides is 2. The summed E-state index contributed by atoms with van der Waals surface area (Å²) >= 11 is 35.9. The number of benzene rings is 13. The minimum atomic E-state index is -4.32. The molecule has 6 aromatic heterocycles. The minimum Gasteiger partial charge on any atom is -0.497 e. The van der Waals surface area contributed by atoms with E-state index in [1.54, 1.807) is 24.1 Å². The fourth-order valence-electron chi connectivity index (χ4n) is 21.1. The summed E-state index contributed by atoms with van der Waals surface area (Å²) in [5.41, 5.74) is 28.6. The van der Waals surface area contributed by atoms with Crippen LogP contribution in [0.3, 0.4) is 0 Å². The molecule has 30 heteroatoms. The monoisotopic (exact) mass is 2330 g/mol. The third kappa shape index (κ3) is 21.9. The van der Waals surface area contributed by atoms with Crippen LogP contribution in [0.2, 0.25) is 10.0 Å². The molecule has 0 radical (unpaired) electrons. The SMILES string of the molecule is Brc1ccc(C2NCCc3c2[nH]c2ccc(Br)cc32)cc1.CC(C)NC(=S)N1CCc2c([nH]c3ccc(Br)cc23)C1c1ccccc1.COc1ccc(C2c3[nH]c4ccc(Cl)cc4c3CCN2C(=O)Nc2cccc(F)c2)cc1.Cc1ccc(C2NCCc3c2[nH]c2ccc(Br)cc32)cc1.FC(F)(F)c1ccc(C2NCCc3c2[nH]c2ccc(Cl)cc32)cc1.Fc1cc(F)cc(C2NCCc3c2[nH]c2ccc(Br)cc32)c1. The Bertz CT molecular complexity index is 7900. The lowest BCUT2D eigenvalue weighted by Crippen LogP contribution is -2.47. The van der Waals surface area contributed by atoms with Crippen molar-refractivity contribution >= 4 is 197 Å². The molecule has 6 atom stereocenters. The van der Waals surface area contributed by atoms with Crippen molar-refractivity contribution < 1.29 is 35.9 Å². The Hall–Kier alpha value is -11.7. The summed E-state index contributed by atoms with van der Waals surface area (Å²) in [7, 11) is 1.62. The third-order valence-electron chi connectivity index (χ3n) is 27.8. The lowest BCUT2D eigenvalue weighted by molar-refractivity contribution is -0.137. The number of alkyl halides is 3. The first kappa shape index (κ1) is 102. The first-order valence-electron chi connectivity index (χ1n) is 48.3. The number of aryl methyl sites for hydroxylation is 1. The molecule has 0 bridgehead atoms. The minimum absolute atomic E-state index is 0.102. The Morgan fingerprint density at radius 3 is 1.15 bits per heavy atom. The molecule has 0 saturated carbocycles. The van der Waals surface area contributed by atoms with Gasteiger partial charge in [-0.2, -0.15) is 13.2 Å². The number of thiocarbonyl (C=S) groups is 1. The Morgan fingerprint density at radius 1 is 0.384 bits per heavy atom. The Morgan fingerprint density at radius 2 is 0.740 bits per heavy atom. The summed E-state index contributed by atoms with van der Waals surface area (Å²) in [5.74, 6) is -0.766. The molecule has 0 fully saturated rings. The van der Waals surface area contributed by atoms with E-state index in [1.807, 2.05) is 72.8 Å². The zero-order valence-corrected chi connectivity index (χ0v) is 89.9. The van der Waals surface area contributed by atoms with Gasteiger partial charge >= 0.3 is 12.2 Å². The predicted octanol–water partition coefficient (Wildman–Crippen LogP) is 30.2. The summed E-state index contributed by atoms with van der Waals surface area (Å²) in [6.45, 7) is 11.4. The van der Waals surface area contributed by atoms with Crippen LogP contribution in [0, 0.1) is 24.4 Å². The molecule has 6 unspecified atom stereocenters. The number of aromatic nitrogens is 6. The van der Waals surface area contributed by atoms with Gasteiger partial charge in [-0.05, 0) is 314 Å². The number of halogens is 13. The topological polar surface area (TPSA) is 200 Å². The van der Waals surface area contributed by atoms with Crippen LogP contribution >= 0.6 is 115 Å². The summed E-state index contributed by atoms with van der Waals surface area (Å²) in [4.78, 5) is 38.6. The number of carbonyl (C=O) groups is 1. The largest absolute Gasteiger partial charge is 0.497 e. The Balaban J connectivity index is 0.000000107. The molecule has 744 valence electrons. The smallest absolute Gasteiger partial charge is 0.416 e. The molecular weight excluding hydrogens is 2240 g/mol. The van der Waals surface area contributed by atoms with Crippen LogP contribution in [0.5, 0.6) is 5.75 Å². The van der Waals surface area contributed by atoms with Crippen LogP contribution in [0.4, 0.5) is 36.8 Å². The lowest BCUT2D eigenvalue weighted by Gasteiger charge is -2.38. The molecule has 0 spiro atoms. The van der Waals surface area contributed by atoms with Crippen molar-refractivity contribution in [2.75, 3.05) is 51.7 Å². The molecule has 6 aliphatic rings. The molecule has 25 rings (SSSR count). The van der Waals surface area contributed by atoms with Gasteiger partial charge in [0.2, 0.25) is 0 Å².